The van der Waals surface area contributed by atoms with Gasteiger partial charge in [0.25, 0.3) is 0 Å². The molecule has 3 nitrogen and oxygen atoms in total. The molecule has 0 aliphatic carbocycles. The van der Waals surface area contributed by atoms with Gasteiger partial charge in [0.1, 0.15) is 5.84 Å². The Labute approximate surface area is 117 Å². The number of nitrogens with zero attached hydrogens (tertiary/aromatic N) is 2. The van der Waals surface area contributed by atoms with Crippen molar-refractivity contribution in [2.45, 2.75) is 47.0 Å². The number of amides is 1. The van der Waals surface area contributed by atoms with Crippen LogP contribution in [0.2, 0.25) is 0 Å². The second kappa shape index (κ2) is 10.3. The van der Waals surface area contributed by atoms with Gasteiger partial charge in [-0.2, -0.15) is 0 Å². The van der Waals surface area contributed by atoms with Gasteiger partial charge in [-0.3, -0.25) is 4.79 Å². The smallest absolute Gasteiger partial charge is 0.215 e. The van der Waals surface area contributed by atoms with Gasteiger partial charge in [-0.25, -0.2) is 4.99 Å². The Morgan fingerprint density at radius 1 is 1.37 bits per heavy atom. The number of amidine groups is 1. The van der Waals surface area contributed by atoms with Gasteiger partial charge in [-0.15, -0.1) is 0 Å². The zero-order valence-electron chi connectivity index (χ0n) is 12.6. The van der Waals surface area contributed by atoms with Gasteiger partial charge in [0.15, 0.2) is 0 Å². The second-order valence-electron chi connectivity index (χ2n) is 4.28. The van der Waals surface area contributed by atoms with E-state index >= 15 is 0 Å². The fourth-order valence-corrected chi connectivity index (χ4v) is 1.57. The van der Waals surface area contributed by atoms with E-state index in [0.717, 1.165) is 42.8 Å². The zero-order valence-corrected chi connectivity index (χ0v) is 12.6. The molecular weight excluding hydrogens is 236 g/mol. The van der Waals surface area contributed by atoms with Gasteiger partial charge >= 0.3 is 0 Å². The van der Waals surface area contributed by atoms with E-state index in [2.05, 4.69) is 18.5 Å². The molecule has 0 heterocycles. The van der Waals surface area contributed by atoms with Gasteiger partial charge in [-0.1, -0.05) is 32.1 Å². The molecule has 106 valence electrons. The Balaban J connectivity index is 5.40. The summed E-state index contributed by atoms with van der Waals surface area (Å²) in [5.41, 5.74) is 1.94. The van der Waals surface area contributed by atoms with Crippen molar-refractivity contribution in [1.82, 2.24) is 4.90 Å². The summed E-state index contributed by atoms with van der Waals surface area (Å²) in [5, 5.41) is 0. The van der Waals surface area contributed by atoms with E-state index in [1.54, 1.807) is 11.0 Å². The molecule has 0 aromatic heterocycles. The molecule has 3 heteroatoms. The van der Waals surface area contributed by atoms with Crippen molar-refractivity contribution in [1.29, 1.82) is 0 Å². The molecule has 19 heavy (non-hydrogen) atoms. The average molecular weight is 262 g/mol. The van der Waals surface area contributed by atoms with Crippen LogP contribution in [0.3, 0.4) is 0 Å². The number of hydrogen-bond acceptors (Lipinski definition) is 2. The van der Waals surface area contributed by atoms with Crippen molar-refractivity contribution in [2.75, 3.05) is 6.54 Å². The molecule has 0 aromatic carbocycles. The first-order valence-corrected chi connectivity index (χ1v) is 6.89. The second-order valence-corrected chi connectivity index (χ2v) is 4.28. The largest absolute Gasteiger partial charge is 0.303 e. The van der Waals surface area contributed by atoms with E-state index in [4.69, 9.17) is 0 Å². The number of unbranched alkanes of at least 4 members (excludes halogenated alkanes) is 1. The van der Waals surface area contributed by atoms with Crippen molar-refractivity contribution in [3.63, 3.8) is 0 Å². The monoisotopic (exact) mass is 262 g/mol. The molecule has 0 rings (SSSR count). The lowest BCUT2D eigenvalue weighted by molar-refractivity contribution is -0.114. The highest BCUT2D eigenvalue weighted by Crippen LogP contribution is 2.14. The van der Waals surface area contributed by atoms with Crippen molar-refractivity contribution >= 4 is 12.2 Å². The maximum absolute atomic E-state index is 11.1. The molecule has 0 saturated carbocycles. The molecule has 0 aliphatic rings. The average Bonchev–Trinajstić information content (AvgIpc) is 2.43. The Bertz CT molecular complexity index is 378. The molecular formula is C16H26N2O. The predicted molar refractivity (Wildman–Crippen MR) is 83.1 cm³/mol. The molecule has 1 amide bonds. The Morgan fingerprint density at radius 3 is 2.47 bits per heavy atom. The number of allylic oxidation sites excluding steroid dienone is 4. The predicted octanol–water partition coefficient (Wildman–Crippen LogP) is 4.09. The Morgan fingerprint density at radius 2 is 2.05 bits per heavy atom. The van der Waals surface area contributed by atoms with Crippen LogP contribution in [0.25, 0.3) is 0 Å². The van der Waals surface area contributed by atoms with Crippen molar-refractivity contribution < 1.29 is 4.79 Å². The van der Waals surface area contributed by atoms with E-state index in [0.29, 0.717) is 6.54 Å². The number of hydrogen-bond donors (Lipinski definition) is 0. The molecule has 0 bridgehead atoms. The highest BCUT2D eigenvalue weighted by molar-refractivity contribution is 5.91. The van der Waals surface area contributed by atoms with Crippen LogP contribution in [0.1, 0.15) is 47.0 Å². The lowest BCUT2D eigenvalue weighted by Gasteiger charge is -2.18. The van der Waals surface area contributed by atoms with Crippen LogP contribution in [0, 0.1) is 0 Å². The maximum atomic E-state index is 11.1. The van der Waals surface area contributed by atoms with Crippen LogP contribution in [-0.2, 0) is 4.79 Å². The lowest BCUT2D eigenvalue weighted by Crippen LogP contribution is -2.29. The minimum atomic E-state index is 0.641. The van der Waals surface area contributed by atoms with Crippen molar-refractivity contribution in [3.05, 3.63) is 36.1 Å². The van der Waals surface area contributed by atoms with E-state index < -0.39 is 0 Å². The molecule has 0 aliphatic heterocycles. The van der Waals surface area contributed by atoms with E-state index in [1.807, 2.05) is 32.9 Å². The standard InChI is InChI=1S/C16H26N2O/c1-6-10-12-16(18(9-4)13-19)17-15(11-7-2)14(5)8-3/h7-8,11,13H,2,6,9-10,12H2,1,3-5H3/b14-8-,15-11+,17-16?. The summed E-state index contributed by atoms with van der Waals surface area (Å²) < 4.78 is 0. The highest BCUT2D eigenvalue weighted by Gasteiger charge is 2.09. The summed E-state index contributed by atoms with van der Waals surface area (Å²) in [7, 11) is 0. The van der Waals surface area contributed by atoms with Gasteiger partial charge in [0, 0.05) is 13.0 Å². The van der Waals surface area contributed by atoms with Crippen LogP contribution < -0.4 is 0 Å². The van der Waals surface area contributed by atoms with E-state index in [9.17, 15) is 4.79 Å². The van der Waals surface area contributed by atoms with Gasteiger partial charge < -0.3 is 4.90 Å². The fourth-order valence-electron chi connectivity index (χ4n) is 1.57. The fraction of sp³-hybridized carbons (Fsp3) is 0.500. The Kier molecular flexibility index (Phi) is 9.41. The van der Waals surface area contributed by atoms with Gasteiger partial charge in [0.2, 0.25) is 6.41 Å². The summed E-state index contributed by atoms with van der Waals surface area (Å²) >= 11 is 0. The molecule has 0 radical (unpaired) electrons. The molecule has 0 atom stereocenters. The highest BCUT2D eigenvalue weighted by atomic mass is 16.1. The van der Waals surface area contributed by atoms with E-state index in [1.165, 1.54) is 0 Å². The topological polar surface area (TPSA) is 32.7 Å². The molecule has 0 saturated heterocycles. The third-order valence-electron chi connectivity index (χ3n) is 2.92. The van der Waals surface area contributed by atoms with Crippen LogP contribution >= 0.6 is 0 Å². The number of carbonyl (C=O) groups excluding carboxylic acids is 1. The Hall–Kier alpha value is -1.64. The summed E-state index contributed by atoms with van der Waals surface area (Å²) in [6.45, 7) is 12.4. The van der Waals surface area contributed by atoms with Crippen molar-refractivity contribution in [2.24, 2.45) is 4.99 Å². The van der Waals surface area contributed by atoms with Crippen LogP contribution in [-0.4, -0.2) is 23.7 Å². The maximum Gasteiger partial charge on any atom is 0.215 e. The number of aliphatic imine (C=N–C) groups is 1. The van der Waals surface area contributed by atoms with Crippen LogP contribution in [0.5, 0.6) is 0 Å². The summed E-state index contributed by atoms with van der Waals surface area (Å²) in [5.74, 6) is 0.827. The lowest BCUT2D eigenvalue weighted by atomic mass is 10.2. The molecule has 0 fully saturated rings. The summed E-state index contributed by atoms with van der Waals surface area (Å²) in [6.07, 6.45) is 9.38. The van der Waals surface area contributed by atoms with Crippen LogP contribution in [0.4, 0.5) is 0 Å². The van der Waals surface area contributed by atoms with Crippen LogP contribution in [0.15, 0.2) is 41.1 Å². The first-order valence-electron chi connectivity index (χ1n) is 6.89. The quantitative estimate of drug-likeness (QED) is 0.281. The first-order chi connectivity index (χ1) is 9.14. The zero-order chi connectivity index (χ0) is 14.7. The van der Waals surface area contributed by atoms with Gasteiger partial charge in [0.05, 0.1) is 5.70 Å². The SMILES string of the molecule is C=C/C=C(N=C(CCCC)N(C=O)CC)\C(C)=C/C. The third-order valence-corrected chi connectivity index (χ3v) is 2.92. The minimum Gasteiger partial charge on any atom is -0.303 e. The molecule has 0 unspecified atom stereocenters. The minimum absolute atomic E-state index is 0.641. The van der Waals surface area contributed by atoms with E-state index in [-0.39, 0.29) is 0 Å². The summed E-state index contributed by atoms with van der Waals surface area (Å²) in [4.78, 5) is 17.4. The number of rotatable bonds is 8. The molecule has 0 aromatic rings. The summed E-state index contributed by atoms with van der Waals surface area (Å²) in [6, 6.07) is 0. The normalized spacial score (nSPS) is 13.4. The third kappa shape index (κ3) is 6.18. The first kappa shape index (κ1) is 17.4. The number of carbonyl (C=O) groups is 1. The molecule has 0 spiro atoms. The van der Waals surface area contributed by atoms with Crippen molar-refractivity contribution in [3.8, 4) is 0 Å². The van der Waals surface area contributed by atoms with Gasteiger partial charge in [-0.05, 0) is 38.8 Å². The molecule has 0 N–H and O–H groups in total.